The van der Waals surface area contributed by atoms with Crippen LogP contribution in [0.4, 0.5) is 8.78 Å². The van der Waals surface area contributed by atoms with Gasteiger partial charge in [0.25, 0.3) is 0 Å². The minimum atomic E-state index is -0.612. The Bertz CT molecular complexity index is 354. The SMILES string of the molecule is CC(C)(C)NCCCCOc1cc(F)cc(F)c1. The van der Waals surface area contributed by atoms with Gasteiger partial charge < -0.3 is 10.1 Å². The van der Waals surface area contributed by atoms with Crippen molar-refractivity contribution in [3.05, 3.63) is 29.8 Å². The van der Waals surface area contributed by atoms with Crippen molar-refractivity contribution in [1.29, 1.82) is 0 Å². The number of ether oxygens (including phenoxy) is 1. The molecule has 0 fully saturated rings. The Balaban J connectivity index is 2.18. The number of unbranched alkanes of at least 4 members (excludes halogenated alkanes) is 1. The van der Waals surface area contributed by atoms with E-state index in [1.165, 1.54) is 12.1 Å². The second kappa shape index (κ2) is 6.69. The van der Waals surface area contributed by atoms with Crippen molar-refractivity contribution in [3.63, 3.8) is 0 Å². The molecule has 18 heavy (non-hydrogen) atoms. The molecule has 0 aliphatic heterocycles. The number of benzene rings is 1. The third-order valence-electron chi connectivity index (χ3n) is 2.33. The predicted octanol–water partition coefficient (Wildman–Crippen LogP) is 3.51. The summed E-state index contributed by atoms with van der Waals surface area (Å²) in [5, 5.41) is 3.36. The van der Waals surface area contributed by atoms with Gasteiger partial charge in [-0.2, -0.15) is 0 Å². The van der Waals surface area contributed by atoms with Crippen LogP contribution in [-0.2, 0) is 0 Å². The molecule has 0 amide bonds. The first-order valence-corrected chi connectivity index (χ1v) is 6.21. The molecule has 0 saturated heterocycles. The monoisotopic (exact) mass is 257 g/mol. The van der Waals surface area contributed by atoms with Gasteiger partial charge >= 0.3 is 0 Å². The number of hydrogen-bond donors (Lipinski definition) is 1. The molecule has 1 aromatic carbocycles. The maximum Gasteiger partial charge on any atom is 0.129 e. The van der Waals surface area contributed by atoms with E-state index < -0.39 is 11.6 Å². The molecule has 1 aromatic rings. The second-order valence-corrected chi connectivity index (χ2v) is 5.34. The first-order chi connectivity index (χ1) is 8.37. The Hall–Kier alpha value is -1.16. The lowest BCUT2D eigenvalue weighted by molar-refractivity contribution is 0.298. The fourth-order valence-corrected chi connectivity index (χ4v) is 1.49. The number of hydrogen-bond acceptors (Lipinski definition) is 2. The summed E-state index contributed by atoms with van der Waals surface area (Å²) in [6.45, 7) is 7.70. The molecule has 1 N–H and O–H groups in total. The molecule has 0 radical (unpaired) electrons. The fraction of sp³-hybridized carbons (Fsp3) is 0.571. The summed E-state index contributed by atoms with van der Waals surface area (Å²) in [5.74, 6) is -0.977. The molecule has 102 valence electrons. The quantitative estimate of drug-likeness (QED) is 0.787. The van der Waals surface area contributed by atoms with E-state index in [2.05, 4.69) is 26.1 Å². The standard InChI is InChI=1S/C14H21F2NO/c1-14(2,3)17-6-4-5-7-18-13-9-11(15)8-12(16)10-13/h8-10,17H,4-7H2,1-3H3. The molecule has 0 bridgehead atoms. The molecule has 0 aliphatic rings. The Morgan fingerprint density at radius 3 is 2.22 bits per heavy atom. The van der Waals surface area contributed by atoms with Gasteiger partial charge in [0.05, 0.1) is 6.61 Å². The van der Waals surface area contributed by atoms with Crippen LogP contribution in [0.15, 0.2) is 18.2 Å². The van der Waals surface area contributed by atoms with Gasteiger partial charge in [-0.05, 0) is 40.2 Å². The van der Waals surface area contributed by atoms with E-state index in [0.717, 1.165) is 25.5 Å². The van der Waals surface area contributed by atoms with E-state index in [4.69, 9.17) is 4.74 Å². The van der Waals surface area contributed by atoms with Crippen LogP contribution in [0.1, 0.15) is 33.6 Å². The van der Waals surface area contributed by atoms with Gasteiger partial charge in [0.15, 0.2) is 0 Å². The van der Waals surface area contributed by atoms with Gasteiger partial charge in [0, 0.05) is 23.7 Å². The van der Waals surface area contributed by atoms with E-state index in [1.807, 2.05) is 0 Å². The number of halogens is 2. The van der Waals surface area contributed by atoms with Crippen LogP contribution in [0, 0.1) is 11.6 Å². The Morgan fingerprint density at radius 2 is 1.67 bits per heavy atom. The maximum atomic E-state index is 12.9. The molecular formula is C14H21F2NO. The third-order valence-corrected chi connectivity index (χ3v) is 2.33. The highest BCUT2D eigenvalue weighted by Crippen LogP contribution is 2.15. The van der Waals surface area contributed by atoms with Crippen molar-refractivity contribution in [2.24, 2.45) is 0 Å². The highest BCUT2D eigenvalue weighted by atomic mass is 19.1. The van der Waals surface area contributed by atoms with Gasteiger partial charge in [-0.25, -0.2) is 8.78 Å². The van der Waals surface area contributed by atoms with E-state index in [-0.39, 0.29) is 11.3 Å². The van der Waals surface area contributed by atoms with Crippen LogP contribution in [0.3, 0.4) is 0 Å². The minimum absolute atomic E-state index is 0.118. The zero-order valence-electron chi connectivity index (χ0n) is 11.2. The summed E-state index contributed by atoms with van der Waals surface area (Å²) in [6, 6.07) is 3.22. The molecule has 0 spiro atoms. The van der Waals surface area contributed by atoms with Gasteiger partial charge in [-0.3, -0.25) is 0 Å². The highest BCUT2D eigenvalue weighted by molar-refractivity contribution is 5.23. The van der Waals surface area contributed by atoms with Crippen LogP contribution in [0.2, 0.25) is 0 Å². The molecule has 0 aliphatic carbocycles. The molecule has 0 aromatic heterocycles. The second-order valence-electron chi connectivity index (χ2n) is 5.34. The van der Waals surface area contributed by atoms with Crippen molar-refractivity contribution in [2.75, 3.05) is 13.2 Å². The van der Waals surface area contributed by atoms with Gasteiger partial charge in [-0.15, -0.1) is 0 Å². The van der Waals surface area contributed by atoms with E-state index in [1.54, 1.807) is 0 Å². The minimum Gasteiger partial charge on any atom is -0.493 e. The number of nitrogens with one attached hydrogen (secondary N) is 1. The summed E-state index contributed by atoms with van der Waals surface area (Å²) in [6.07, 6.45) is 1.82. The molecule has 0 unspecified atom stereocenters. The first kappa shape index (κ1) is 14.9. The van der Waals surface area contributed by atoms with E-state index >= 15 is 0 Å². The summed E-state index contributed by atoms with van der Waals surface area (Å²) in [5.41, 5.74) is 0.118. The van der Waals surface area contributed by atoms with Crippen LogP contribution in [0.5, 0.6) is 5.75 Å². The van der Waals surface area contributed by atoms with Crippen molar-refractivity contribution in [1.82, 2.24) is 5.32 Å². The molecule has 0 saturated carbocycles. The maximum absolute atomic E-state index is 12.9. The summed E-state index contributed by atoms with van der Waals surface area (Å²) in [4.78, 5) is 0. The molecular weight excluding hydrogens is 236 g/mol. The molecule has 2 nitrogen and oxygen atoms in total. The zero-order valence-corrected chi connectivity index (χ0v) is 11.2. The summed E-state index contributed by atoms with van der Waals surface area (Å²) < 4.78 is 31.0. The van der Waals surface area contributed by atoms with Crippen molar-refractivity contribution in [3.8, 4) is 5.75 Å². The topological polar surface area (TPSA) is 21.3 Å². The third kappa shape index (κ3) is 6.55. The summed E-state index contributed by atoms with van der Waals surface area (Å²) >= 11 is 0. The predicted molar refractivity (Wildman–Crippen MR) is 68.8 cm³/mol. The van der Waals surface area contributed by atoms with Gasteiger partial charge in [0.1, 0.15) is 17.4 Å². The van der Waals surface area contributed by atoms with Gasteiger partial charge in [-0.1, -0.05) is 0 Å². The average molecular weight is 257 g/mol. The normalized spacial score (nSPS) is 11.6. The van der Waals surface area contributed by atoms with E-state index in [0.29, 0.717) is 6.61 Å². The van der Waals surface area contributed by atoms with Crippen LogP contribution >= 0.6 is 0 Å². The molecule has 0 heterocycles. The molecule has 1 rings (SSSR count). The Morgan fingerprint density at radius 1 is 1.06 bits per heavy atom. The Labute approximate surface area is 107 Å². The fourth-order valence-electron chi connectivity index (χ4n) is 1.49. The lowest BCUT2D eigenvalue weighted by Gasteiger charge is -2.20. The largest absolute Gasteiger partial charge is 0.493 e. The Kier molecular flexibility index (Phi) is 5.54. The molecule has 0 atom stereocenters. The smallest absolute Gasteiger partial charge is 0.129 e. The lowest BCUT2D eigenvalue weighted by Crippen LogP contribution is -2.36. The van der Waals surface area contributed by atoms with Crippen LogP contribution < -0.4 is 10.1 Å². The average Bonchev–Trinajstić information content (AvgIpc) is 2.20. The van der Waals surface area contributed by atoms with Crippen molar-refractivity contribution < 1.29 is 13.5 Å². The molecule has 4 heteroatoms. The van der Waals surface area contributed by atoms with Crippen LogP contribution in [0.25, 0.3) is 0 Å². The first-order valence-electron chi connectivity index (χ1n) is 6.21. The highest BCUT2D eigenvalue weighted by Gasteiger charge is 2.07. The zero-order chi connectivity index (χ0) is 13.6. The number of rotatable bonds is 6. The van der Waals surface area contributed by atoms with Gasteiger partial charge in [0.2, 0.25) is 0 Å². The van der Waals surface area contributed by atoms with Crippen molar-refractivity contribution >= 4 is 0 Å². The van der Waals surface area contributed by atoms with Crippen LogP contribution in [-0.4, -0.2) is 18.7 Å². The van der Waals surface area contributed by atoms with E-state index in [9.17, 15) is 8.78 Å². The van der Waals surface area contributed by atoms with Crippen molar-refractivity contribution in [2.45, 2.75) is 39.2 Å². The summed E-state index contributed by atoms with van der Waals surface area (Å²) in [7, 11) is 0. The lowest BCUT2D eigenvalue weighted by atomic mass is 10.1.